The first-order valence-electron chi connectivity index (χ1n) is 3.22. The quantitative estimate of drug-likeness (QED) is 0.371. The predicted molar refractivity (Wildman–Crippen MR) is 37.6 cm³/mol. The minimum atomic E-state index is -0.769. The summed E-state index contributed by atoms with van der Waals surface area (Å²) in [7, 11) is 1.70. The van der Waals surface area contributed by atoms with E-state index in [0.29, 0.717) is 6.54 Å². The molecule has 0 aromatic heterocycles. The van der Waals surface area contributed by atoms with Gasteiger partial charge in [0.05, 0.1) is 25.2 Å². The Kier molecular flexibility index (Phi) is 4.55. The minimum absolute atomic E-state index is 0.208. The van der Waals surface area contributed by atoms with Crippen molar-refractivity contribution in [3.05, 3.63) is 0 Å². The highest BCUT2D eigenvalue weighted by Crippen LogP contribution is 2.11. The highest BCUT2D eigenvalue weighted by Gasteiger charge is 2.26. The number of hydrogen-bond acceptors (Lipinski definition) is 4. The third-order valence-electron chi connectivity index (χ3n) is 1.56. The number of hydrogen-bond donors (Lipinski definition) is 4. The second kappa shape index (κ2) is 4.62. The molecule has 4 nitrogen and oxygen atoms in total. The van der Waals surface area contributed by atoms with Crippen LogP contribution in [0, 0.1) is 5.41 Å². The third kappa shape index (κ3) is 2.22. The molecule has 0 rings (SSSR count). The summed E-state index contributed by atoms with van der Waals surface area (Å²) in [6, 6.07) is 0. The Morgan fingerprint density at radius 1 is 1.10 bits per heavy atom. The van der Waals surface area contributed by atoms with Crippen molar-refractivity contribution >= 4 is 0 Å². The summed E-state index contributed by atoms with van der Waals surface area (Å²) in [6.07, 6.45) is 0. The van der Waals surface area contributed by atoms with Gasteiger partial charge in [-0.1, -0.05) is 0 Å². The Morgan fingerprint density at radius 2 is 1.50 bits per heavy atom. The Balaban J connectivity index is 3.87. The van der Waals surface area contributed by atoms with Crippen LogP contribution in [0.15, 0.2) is 0 Å². The molecule has 0 saturated heterocycles. The molecule has 10 heavy (non-hydrogen) atoms. The lowest BCUT2D eigenvalue weighted by Gasteiger charge is -2.26. The van der Waals surface area contributed by atoms with Crippen molar-refractivity contribution in [1.82, 2.24) is 5.32 Å². The van der Waals surface area contributed by atoms with Gasteiger partial charge in [0.15, 0.2) is 0 Å². The predicted octanol–water partition coefficient (Wildman–Crippen LogP) is -1.83. The fourth-order valence-corrected chi connectivity index (χ4v) is 0.693. The molecule has 0 spiro atoms. The van der Waals surface area contributed by atoms with Gasteiger partial charge < -0.3 is 20.6 Å². The first kappa shape index (κ1) is 9.84. The molecule has 0 saturated carbocycles. The molecule has 4 N–H and O–H groups in total. The van der Waals surface area contributed by atoms with Crippen LogP contribution < -0.4 is 5.32 Å². The first-order chi connectivity index (χ1) is 4.74. The fourth-order valence-electron chi connectivity index (χ4n) is 0.693. The van der Waals surface area contributed by atoms with Gasteiger partial charge in [-0.05, 0) is 7.05 Å². The van der Waals surface area contributed by atoms with Crippen molar-refractivity contribution in [3.63, 3.8) is 0 Å². The van der Waals surface area contributed by atoms with Crippen molar-refractivity contribution < 1.29 is 15.3 Å². The molecule has 0 atom stereocenters. The molecule has 0 radical (unpaired) electrons. The molecule has 0 amide bonds. The van der Waals surface area contributed by atoms with Crippen LogP contribution in [0.1, 0.15) is 0 Å². The van der Waals surface area contributed by atoms with Crippen molar-refractivity contribution in [2.75, 3.05) is 33.4 Å². The number of aliphatic hydroxyl groups is 3. The number of aliphatic hydroxyl groups excluding tert-OH is 3. The monoisotopic (exact) mass is 149 g/mol. The zero-order chi connectivity index (χ0) is 8.04. The van der Waals surface area contributed by atoms with Crippen LogP contribution in [0.4, 0.5) is 0 Å². The number of nitrogens with one attached hydrogen (secondary N) is 1. The normalized spacial score (nSPS) is 12.0. The average Bonchev–Trinajstić information content (AvgIpc) is 2.01. The maximum atomic E-state index is 8.75. The standard InChI is InChI=1S/C6H15NO3/c1-7-2-6(3-8,4-9)5-10/h7-10H,2-5H2,1H3. The summed E-state index contributed by atoms with van der Waals surface area (Å²) in [5.41, 5.74) is -0.769. The molecule has 0 aliphatic carbocycles. The van der Waals surface area contributed by atoms with E-state index in [9.17, 15) is 0 Å². The summed E-state index contributed by atoms with van der Waals surface area (Å²) in [6.45, 7) is -0.209. The molecule has 4 heteroatoms. The average molecular weight is 149 g/mol. The van der Waals surface area contributed by atoms with Crippen molar-refractivity contribution in [2.45, 2.75) is 0 Å². The molecule has 0 aromatic carbocycles. The molecular weight excluding hydrogens is 134 g/mol. The Hall–Kier alpha value is -0.160. The van der Waals surface area contributed by atoms with Gasteiger partial charge >= 0.3 is 0 Å². The van der Waals surface area contributed by atoms with E-state index in [2.05, 4.69) is 5.32 Å². The van der Waals surface area contributed by atoms with Gasteiger partial charge in [0, 0.05) is 6.54 Å². The molecular formula is C6H15NO3. The van der Waals surface area contributed by atoms with Crippen LogP contribution in [0.5, 0.6) is 0 Å². The Morgan fingerprint density at radius 3 is 1.60 bits per heavy atom. The van der Waals surface area contributed by atoms with Crippen molar-refractivity contribution in [1.29, 1.82) is 0 Å². The molecule has 0 bridgehead atoms. The largest absolute Gasteiger partial charge is 0.396 e. The summed E-state index contributed by atoms with van der Waals surface area (Å²) in [4.78, 5) is 0. The van der Waals surface area contributed by atoms with Gasteiger partial charge in [-0.2, -0.15) is 0 Å². The summed E-state index contributed by atoms with van der Waals surface area (Å²) < 4.78 is 0. The van der Waals surface area contributed by atoms with Crippen LogP contribution >= 0.6 is 0 Å². The van der Waals surface area contributed by atoms with E-state index in [0.717, 1.165) is 0 Å². The van der Waals surface area contributed by atoms with Gasteiger partial charge in [-0.25, -0.2) is 0 Å². The molecule has 0 aliphatic heterocycles. The van der Waals surface area contributed by atoms with E-state index in [1.165, 1.54) is 0 Å². The molecule has 0 unspecified atom stereocenters. The third-order valence-corrected chi connectivity index (χ3v) is 1.56. The second-order valence-corrected chi connectivity index (χ2v) is 2.50. The zero-order valence-electron chi connectivity index (χ0n) is 6.17. The molecule has 0 fully saturated rings. The molecule has 0 aromatic rings. The van der Waals surface area contributed by atoms with Gasteiger partial charge in [0.1, 0.15) is 0 Å². The fraction of sp³-hybridized carbons (Fsp3) is 1.00. The lowest BCUT2D eigenvalue weighted by atomic mass is 9.91. The van der Waals surface area contributed by atoms with E-state index in [1.54, 1.807) is 7.05 Å². The van der Waals surface area contributed by atoms with Crippen molar-refractivity contribution in [2.24, 2.45) is 5.41 Å². The van der Waals surface area contributed by atoms with E-state index in [1.807, 2.05) is 0 Å². The minimum Gasteiger partial charge on any atom is -0.396 e. The van der Waals surface area contributed by atoms with Crippen LogP contribution in [0.2, 0.25) is 0 Å². The van der Waals surface area contributed by atoms with Gasteiger partial charge in [-0.15, -0.1) is 0 Å². The first-order valence-corrected chi connectivity index (χ1v) is 3.22. The zero-order valence-corrected chi connectivity index (χ0v) is 6.17. The molecule has 62 valence electrons. The maximum Gasteiger partial charge on any atom is 0.0543 e. The van der Waals surface area contributed by atoms with Crippen LogP contribution in [0.3, 0.4) is 0 Å². The smallest absolute Gasteiger partial charge is 0.0543 e. The Labute approximate surface area is 60.5 Å². The van der Waals surface area contributed by atoms with E-state index in [4.69, 9.17) is 15.3 Å². The van der Waals surface area contributed by atoms with Gasteiger partial charge in [0.2, 0.25) is 0 Å². The summed E-state index contributed by atoms with van der Waals surface area (Å²) >= 11 is 0. The SMILES string of the molecule is CNCC(CO)(CO)CO. The van der Waals surface area contributed by atoms with E-state index < -0.39 is 5.41 Å². The van der Waals surface area contributed by atoms with Crippen LogP contribution in [-0.2, 0) is 0 Å². The topological polar surface area (TPSA) is 72.7 Å². The number of rotatable bonds is 5. The lowest BCUT2D eigenvalue weighted by molar-refractivity contribution is 0.00771. The van der Waals surface area contributed by atoms with Crippen molar-refractivity contribution in [3.8, 4) is 0 Å². The van der Waals surface area contributed by atoms with Crippen LogP contribution in [0.25, 0.3) is 0 Å². The lowest BCUT2D eigenvalue weighted by Crippen LogP contribution is -2.42. The van der Waals surface area contributed by atoms with E-state index in [-0.39, 0.29) is 19.8 Å². The second-order valence-electron chi connectivity index (χ2n) is 2.50. The highest BCUT2D eigenvalue weighted by molar-refractivity contribution is 4.78. The van der Waals surface area contributed by atoms with Crippen LogP contribution in [-0.4, -0.2) is 48.7 Å². The highest BCUT2D eigenvalue weighted by atomic mass is 16.3. The van der Waals surface area contributed by atoms with Gasteiger partial charge in [-0.3, -0.25) is 0 Å². The Bertz CT molecular complexity index is 74.8. The summed E-state index contributed by atoms with van der Waals surface area (Å²) in [5.74, 6) is 0. The molecule has 0 heterocycles. The molecule has 0 aliphatic rings. The van der Waals surface area contributed by atoms with E-state index >= 15 is 0 Å². The van der Waals surface area contributed by atoms with Gasteiger partial charge in [0.25, 0.3) is 0 Å². The maximum absolute atomic E-state index is 8.75. The summed E-state index contributed by atoms with van der Waals surface area (Å²) in [5, 5.41) is 29.0.